The molecule has 0 radical (unpaired) electrons. The van der Waals surface area contributed by atoms with Crippen molar-refractivity contribution in [2.45, 2.75) is 18.3 Å². The second-order valence-electron chi connectivity index (χ2n) is 6.71. The Morgan fingerprint density at radius 2 is 1.58 bits per heavy atom. The van der Waals surface area contributed by atoms with Gasteiger partial charge in [-0.3, -0.25) is 19.8 Å². The number of amides is 3. The summed E-state index contributed by atoms with van der Waals surface area (Å²) in [5, 5.41) is 2.92. The first kappa shape index (κ1) is 22.2. The highest BCUT2D eigenvalue weighted by Crippen LogP contribution is 2.44. The van der Waals surface area contributed by atoms with Crippen LogP contribution in [0.3, 0.4) is 0 Å². The van der Waals surface area contributed by atoms with E-state index in [2.05, 4.69) is 10.7 Å². The molecule has 164 valence electrons. The van der Waals surface area contributed by atoms with Gasteiger partial charge in [-0.2, -0.15) is 0 Å². The molecule has 0 unspecified atom stereocenters. The third-order valence-electron chi connectivity index (χ3n) is 4.75. The van der Waals surface area contributed by atoms with Crippen molar-refractivity contribution >= 4 is 35.0 Å². The summed E-state index contributed by atoms with van der Waals surface area (Å²) in [6.07, 6.45) is 0. The Kier molecular flexibility index (Phi) is 6.55. The molecule has 0 spiro atoms. The number of ether oxygens (including phenoxy) is 3. The van der Waals surface area contributed by atoms with Crippen molar-refractivity contribution in [1.29, 1.82) is 0 Å². The highest BCUT2D eigenvalue weighted by molar-refractivity contribution is 6.33. The van der Waals surface area contributed by atoms with Gasteiger partial charge >= 0.3 is 0 Å². The van der Waals surface area contributed by atoms with E-state index in [-0.39, 0.29) is 5.91 Å². The number of benzene rings is 2. The third-order valence-corrected chi connectivity index (χ3v) is 5.17. The number of anilines is 1. The Labute approximate surface area is 184 Å². The Morgan fingerprint density at radius 1 is 1.00 bits per heavy atom. The van der Waals surface area contributed by atoms with E-state index in [4.69, 9.17) is 25.8 Å². The molecule has 0 saturated carbocycles. The van der Waals surface area contributed by atoms with Gasteiger partial charge in [0.25, 0.3) is 11.8 Å². The van der Waals surface area contributed by atoms with E-state index in [0.29, 0.717) is 34.1 Å². The maximum atomic E-state index is 12.7. The summed E-state index contributed by atoms with van der Waals surface area (Å²) in [7, 11) is 4.45. The molecule has 2 atom stereocenters. The van der Waals surface area contributed by atoms with Crippen LogP contribution in [0, 0.1) is 0 Å². The molecule has 9 nitrogen and oxygen atoms in total. The van der Waals surface area contributed by atoms with Gasteiger partial charge in [0, 0.05) is 18.2 Å². The second kappa shape index (κ2) is 9.13. The first-order valence-corrected chi connectivity index (χ1v) is 9.70. The molecule has 1 aliphatic rings. The lowest BCUT2D eigenvalue weighted by molar-refractivity contribution is -0.149. The molecule has 1 aliphatic heterocycles. The minimum Gasteiger partial charge on any atom is -0.493 e. The van der Waals surface area contributed by atoms with Gasteiger partial charge in [-0.05, 0) is 42.0 Å². The van der Waals surface area contributed by atoms with Crippen LogP contribution >= 0.6 is 11.6 Å². The number of alkyl halides is 1. The number of nitrogens with one attached hydrogen (secondary N) is 2. The standard InChI is InChI=1S/C21H22ClN3O6/c1-11(26)23-14-7-5-12(6-8-14)20(27)24-25-18(17(22)21(25)28)13-9-15(29-2)19(31-4)16(10-13)30-3/h5-10,17-18H,1-4H3,(H,23,26)(H,24,27)/t17-,18-/m0/s1. The van der Waals surface area contributed by atoms with Crippen LogP contribution in [-0.2, 0) is 9.59 Å². The minimum absolute atomic E-state index is 0.218. The zero-order chi connectivity index (χ0) is 22.7. The third kappa shape index (κ3) is 4.36. The van der Waals surface area contributed by atoms with Crippen molar-refractivity contribution in [2.24, 2.45) is 0 Å². The molecule has 2 N–H and O–H groups in total. The van der Waals surface area contributed by atoms with Gasteiger partial charge in [0.1, 0.15) is 11.4 Å². The predicted octanol–water partition coefficient (Wildman–Crippen LogP) is 2.51. The lowest BCUT2D eigenvalue weighted by Gasteiger charge is -2.44. The first-order valence-electron chi connectivity index (χ1n) is 9.26. The lowest BCUT2D eigenvalue weighted by atomic mass is 9.94. The molecule has 10 heteroatoms. The van der Waals surface area contributed by atoms with Crippen LogP contribution in [0.1, 0.15) is 28.9 Å². The number of rotatable bonds is 7. The zero-order valence-electron chi connectivity index (χ0n) is 17.4. The SMILES string of the molecule is COc1cc([C@H]2[C@H](Cl)C(=O)N2NC(=O)c2ccc(NC(C)=O)cc2)cc(OC)c1OC. The summed E-state index contributed by atoms with van der Waals surface area (Å²) >= 11 is 6.26. The molecule has 0 aliphatic carbocycles. The van der Waals surface area contributed by atoms with Crippen molar-refractivity contribution in [2.75, 3.05) is 26.6 Å². The largest absolute Gasteiger partial charge is 0.493 e. The lowest BCUT2D eigenvalue weighted by Crippen LogP contribution is -2.63. The van der Waals surface area contributed by atoms with Crippen molar-refractivity contribution in [3.8, 4) is 17.2 Å². The van der Waals surface area contributed by atoms with Gasteiger partial charge in [-0.15, -0.1) is 11.6 Å². The van der Waals surface area contributed by atoms with Gasteiger partial charge in [0.05, 0.1) is 21.3 Å². The average molecular weight is 448 g/mol. The van der Waals surface area contributed by atoms with E-state index in [1.54, 1.807) is 24.3 Å². The maximum absolute atomic E-state index is 12.7. The van der Waals surface area contributed by atoms with Crippen LogP contribution in [0.15, 0.2) is 36.4 Å². The van der Waals surface area contributed by atoms with Crippen LogP contribution in [-0.4, -0.2) is 49.4 Å². The number of halogens is 1. The number of hydrogen-bond acceptors (Lipinski definition) is 6. The highest BCUT2D eigenvalue weighted by Gasteiger charge is 2.49. The van der Waals surface area contributed by atoms with Gasteiger partial charge in [0.15, 0.2) is 11.5 Å². The summed E-state index contributed by atoms with van der Waals surface area (Å²) in [5.41, 5.74) is 4.06. The Balaban J connectivity index is 1.83. The summed E-state index contributed by atoms with van der Waals surface area (Å²) in [4.78, 5) is 36.1. The Hall–Kier alpha value is -3.46. The monoisotopic (exact) mass is 447 g/mol. The van der Waals surface area contributed by atoms with Gasteiger partial charge in [0.2, 0.25) is 11.7 Å². The topological polar surface area (TPSA) is 106 Å². The molecule has 31 heavy (non-hydrogen) atoms. The van der Waals surface area contributed by atoms with Gasteiger partial charge < -0.3 is 19.5 Å². The number of hydrogen-bond donors (Lipinski definition) is 2. The molecule has 0 bridgehead atoms. The molecule has 1 heterocycles. The Morgan fingerprint density at radius 3 is 2.06 bits per heavy atom. The second-order valence-corrected chi connectivity index (χ2v) is 7.18. The van der Waals surface area contributed by atoms with Crippen LogP contribution < -0.4 is 25.0 Å². The maximum Gasteiger partial charge on any atom is 0.269 e. The fraction of sp³-hybridized carbons (Fsp3) is 0.286. The van der Waals surface area contributed by atoms with E-state index in [0.717, 1.165) is 0 Å². The summed E-state index contributed by atoms with van der Waals surface area (Å²) in [5.74, 6) is 0.0530. The number of methoxy groups -OCH3 is 3. The molecule has 3 amide bonds. The van der Waals surface area contributed by atoms with Crippen molar-refractivity contribution < 1.29 is 28.6 Å². The molecule has 0 aromatic heterocycles. The summed E-state index contributed by atoms with van der Waals surface area (Å²) in [6.45, 7) is 1.39. The molecule has 1 saturated heterocycles. The first-order chi connectivity index (χ1) is 14.8. The number of nitrogens with zero attached hydrogens (tertiary/aromatic N) is 1. The summed E-state index contributed by atoms with van der Waals surface area (Å²) < 4.78 is 16.0. The van der Waals surface area contributed by atoms with Crippen LogP contribution in [0.4, 0.5) is 5.69 Å². The van der Waals surface area contributed by atoms with E-state index in [1.807, 2.05) is 0 Å². The fourth-order valence-corrected chi connectivity index (χ4v) is 3.61. The predicted molar refractivity (Wildman–Crippen MR) is 114 cm³/mol. The van der Waals surface area contributed by atoms with Crippen molar-refractivity contribution in [1.82, 2.24) is 10.4 Å². The minimum atomic E-state index is -0.870. The van der Waals surface area contributed by atoms with Gasteiger partial charge in [-0.25, -0.2) is 5.01 Å². The van der Waals surface area contributed by atoms with E-state index in [1.165, 1.54) is 45.4 Å². The van der Waals surface area contributed by atoms with Gasteiger partial charge in [-0.1, -0.05) is 0 Å². The molecule has 2 aromatic rings. The fourth-order valence-electron chi connectivity index (χ4n) is 3.25. The number of hydrazine groups is 1. The average Bonchev–Trinajstić information content (AvgIpc) is 2.77. The molecule has 3 rings (SSSR count). The van der Waals surface area contributed by atoms with E-state index >= 15 is 0 Å². The smallest absolute Gasteiger partial charge is 0.269 e. The van der Waals surface area contributed by atoms with E-state index in [9.17, 15) is 14.4 Å². The number of carbonyl (C=O) groups is 3. The normalized spacial score (nSPS) is 17.5. The van der Waals surface area contributed by atoms with Crippen LogP contribution in [0.2, 0.25) is 0 Å². The van der Waals surface area contributed by atoms with Crippen LogP contribution in [0.5, 0.6) is 17.2 Å². The number of β-lactam (4-membered cyclic amide) rings is 1. The highest BCUT2D eigenvalue weighted by atomic mass is 35.5. The Bertz CT molecular complexity index is 986. The van der Waals surface area contributed by atoms with E-state index < -0.39 is 23.2 Å². The molecule has 1 fully saturated rings. The van der Waals surface area contributed by atoms with Crippen LogP contribution in [0.25, 0.3) is 0 Å². The van der Waals surface area contributed by atoms with Crippen molar-refractivity contribution in [3.05, 3.63) is 47.5 Å². The van der Waals surface area contributed by atoms with Crippen molar-refractivity contribution in [3.63, 3.8) is 0 Å². The molecular formula is C21H22ClN3O6. The molecule has 2 aromatic carbocycles. The number of carbonyl (C=O) groups excluding carboxylic acids is 3. The zero-order valence-corrected chi connectivity index (χ0v) is 18.1. The molecular weight excluding hydrogens is 426 g/mol. The quantitative estimate of drug-likeness (QED) is 0.499. The summed E-state index contributed by atoms with van der Waals surface area (Å²) in [6, 6.07) is 8.98.